The van der Waals surface area contributed by atoms with Crippen molar-refractivity contribution in [2.75, 3.05) is 20.1 Å². The van der Waals surface area contributed by atoms with Crippen LogP contribution in [0, 0.1) is 12.8 Å². The summed E-state index contributed by atoms with van der Waals surface area (Å²) >= 11 is 19.3. The van der Waals surface area contributed by atoms with Gasteiger partial charge in [0.2, 0.25) is 15.9 Å². The molecular formula is C27H34Cl3N3O4S2. The number of sulfonamides is 1. The molecule has 0 fully saturated rings. The minimum atomic E-state index is -3.98. The van der Waals surface area contributed by atoms with Gasteiger partial charge in [0.25, 0.3) is 5.91 Å². The maximum atomic E-state index is 13.0. The molecule has 2 rings (SSSR count). The third kappa shape index (κ3) is 9.99. The third-order valence-corrected chi connectivity index (χ3v) is 9.92. The van der Waals surface area contributed by atoms with E-state index in [0.717, 1.165) is 21.2 Å². The van der Waals surface area contributed by atoms with Crippen molar-refractivity contribution in [2.45, 2.75) is 55.9 Å². The van der Waals surface area contributed by atoms with Gasteiger partial charge < -0.3 is 10.6 Å². The lowest BCUT2D eigenvalue weighted by Gasteiger charge is -2.21. The molecule has 12 heteroatoms. The zero-order chi connectivity index (χ0) is 29.3. The van der Waals surface area contributed by atoms with Gasteiger partial charge in [-0.25, -0.2) is 12.7 Å². The van der Waals surface area contributed by atoms with Crippen LogP contribution in [0.1, 0.15) is 38.7 Å². The quantitative estimate of drug-likeness (QED) is 0.144. The van der Waals surface area contributed by atoms with E-state index in [0.29, 0.717) is 18.8 Å². The van der Waals surface area contributed by atoms with Gasteiger partial charge in [0.05, 0.1) is 15.0 Å². The molecule has 2 amide bonds. The number of nitrogens with zero attached hydrogens (tertiary/aromatic N) is 1. The molecule has 0 bridgehead atoms. The Bertz CT molecular complexity index is 1280. The van der Waals surface area contributed by atoms with Crippen molar-refractivity contribution >= 4 is 68.4 Å². The first-order valence-electron chi connectivity index (χ1n) is 12.4. The molecule has 39 heavy (non-hydrogen) atoms. The van der Waals surface area contributed by atoms with E-state index in [9.17, 15) is 18.0 Å². The molecule has 0 aromatic heterocycles. The largest absolute Gasteiger partial charge is 0.354 e. The van der Waals surface area contributed by atoms with E-state index in [1.165, 1.54) is 30.9 Å². The highest BCUT2D eigenvalue weighted by molar-refractivity contribution is 8.04. The first-order valence-corrected chi connectivity index (χ1v) is 15.7. The molecule has 2 N–H and O–H groups in total. The van der Waals surface area contributed by atoms with E-state index in [1.54, 1.807) is 0 Å². The van der Waals surface area contributed by atoms with Crippen LogP contribution in [-0.4, -0.2) is 50.7 Å². The average Bonchev–Trinajstić information content (AvgIpc) is 2.84. The molecule has 0 aliphatic heterocycles. The Balaban J connectivity index is 1.96. The molecule has 7 nitrogen and oxygen atoms in total. The smallest absolute Gasteiger partial charge is 0.258 e. The molecule has 214 valence electrons. The molecule has 0 aliphatic carbocycles. The molecule has 0 radical (unpaired) electrons. The minimum Gasteiger partial charge on any atom is -0.354 e. The summed E-state index contributed by atoms with van der Waals surface area (Å²) < 4.78 is 27.1. The fourth-order valence-corrected chi connectivity index (χ4v) is 7.03. The van der Waals surface area contributed by atoms with Crippen molar-refractivity contribution in [1.82, 2.24) is 14.9 Å². The Kier molecular flexibility index (Phi) is 13.1. The monoisotopic (exact) mass is 633 g/mol. The highest BCUT2D eigenvalue weighted by atomic mass is 35.5. The van der Waals surface area contributed by atoms with Gasteiger partial charge in [0, 0.05) is 30.1 Å². The minimum absolute atomic E-state index is 0.0708. The van der Waals surface area contributed by atoms with E-state index in [-0.39, 0.29) is 43.9 Å². The normalized spacial score (nSPS) is 12.4. The Labute approximate surface area is 250 Å². The lowest BCUT2D eigenvalue weighted by molar-refractivity contribution is -0.127. The Morgan fingerprint density at radius 3 is 2.28 bits per heavy atom. The number of aryl methyl sites for hydroxylation is 1. The van der Waals surface area contributed by atoms with Gasteiger partial charge in [-0.2, -0.15) is 0 Å². The molecule has 2 aromatic carbocycles. The summed E-state index contributed by atoms with van der Waals surface area (Å²) in [6.45, 7) is 10.2. The predicted octanol–water partition coefficient (Wildman–Crippen LogP) is 6.31. The number of nitrogens with one attached hydrogen (secondary N) is 2. The zero-order valence-corrected chi connectivity index (χ0v) is 26.3. The first kappa shape index (κ1) is 33.5. The maximum absolute atomic E-state index is 13.0. The van der Waals surface area contributed by atoms with E-state index in [2.05, 4.69) is 17.2 Å². The number of carbonyl (C=O) groups excluding carboxylic acids is 2. The second-order valence-corrected chi connectivity index (χ2v) is 13.8. The summed E-state index contributed by atoms with van der Waals surface area (Å²) in [6, 6.07) is 9.55. The fourth-order valence-electron chi connectivity index (χ4n) is 3.55. The van der Waals surface area contributed by atoms with Crippen molar-refractivity contribution in [2.24, 2.45) is 5.92 Å². The summed E-state index contributed by atoms with van der Waals surface area (Å²) in [5.41, 5.74) is 1.03. The average molecular weight is 635 g/mol. The lowest BCUT2D eigenvalue weighted by Crippen LogP contribution is -2.47. The summed E-state index contributed by atoms with van der Waals surface area (Å²) in [4.78, 5) is 26.8. The molecular weight excluding hydrogens is 601 g/mol. The van der Waals surface area contributed by atoms with E-state index in [1.807, 2.05) is 45.0 Å². The second kappa shape index (κ2) is 15.3. The number of benzene rings is 2. The summed E-state index contributed by atoms with van der Waals surface area (Å²) in [5.74, 6) is -0.409. The molecule has 0 aliphatic rings. The van der Waals surface area contributed by atoms with Crippen LogP contribution in [0.3, 0.4) is 0 Å². The number of amides is 2. The SMILES string of the molecule is C=C(Sc1ccccc1C)C(=O)NC(CCC(C)C)C(=O)NCCCN(C)S(=O)(=O)c1c(Cl)cc(Cl)cc1Cl. The molecule has 0 heterocycles. The van der Waals surface area contributed by atoms with Crippen molar-refractivity contribution < 1.29 is 18.0 Å². The van der Waals surface area contributed by atoms with Gasteiger partial charge in [0.1, 0.15) is 10.9 Å². The number of thioether (sulfide) groups is 1. The molecule has 1 unspecified atom stereocenters. The van der Waals surface area contributed by atoms with Crippen LogP contribution >= 0.6 is 46.6 Å². The molecule has 2 aromatic rings. The maximum Gasteiger partial charge on any atom is 0.258 e. The van der Waals surface area contributed by atoms with E-state index >= 15 is 0 Å². The first-order chi connectivity index (χ1) is 18.2. The van der Waals surface area contributed by atoms with Crippen LogP contribution in [0.4, 0.5) is 0 Å². The number of carbonyl (C=O) groups is 2. The second-order valence-electron chi connectivity index (χ2n) is 9.46. The van der Waals surface area contributed by atoms with Gasteiger partial charge in [0.15, 0.2) is 0 Å². The zero-order valence-electron chi connectivity index (χ0n) is 22.4. The van der Waals surface area contributed by atoms with Crippen LogP contribution in [0.2, 0.25) is 15.1 Å². The van der Waals surface area contributed by atoms with Gasteiger partial charge in [-0.3, -0.25) is 9.59 Å². The highest BCUT2D eigenvalue weighted by Crippen LogP contribution is 2.34. The molecule has 0 saturated heterocycles. The fraction of sp³-hybridized carbons (Fsp3) is 0.407. The topological polar surface area (TPSA) is 95.6 Å². The van der Waals surface area contributed by atoms with Crippen LogP contribution < -0.4 is 10.6 Å². The van der Waals surface area contributed by atoms with E-state index < -0.39 is 22.0 Å². The Hall–Kier alpha value is -1.75. The van der Waals surface area contributed by atoms with Gasteiger partial charge in [-0.15, -0.1) is 0 Å². The molecule has 0 spiro atoms. The number of hydrogen-bond donors (Lipinski definition) is 2. The van der Waals surface area contributed by atoms with Crippen molar-refractivity contribution in [3.05, 3.63) is 68.5 Å². The van der Waals surface area contributed by atoms with Crippen molar-refractivity contribution in [3.63, 3.8) is 0 Å². The predicted molar refractivity (Wildman–Crippen MR) is 161 cm³/mol. The van der Waals surface area contributed by atoms with Crippen LogP contribution in [0.15, 0.2) is 57.7 Å². The Morgan fingerprint density at radius 2 is 1.69 bits per heavy atom. The summed E-state index contributed by atoms with van der Waals surface area (Å²) in [7, 11) is -2.57. The summed E-state index contributed by atoms with van der Waals surface area (Å²) in [5, 5.41) is 5.70. The molecule has 1 atom stereocenters. The van der Waals surface area contributed by atoms with Crippen molar-refractivity contribution in [3.8, 4) is 0 Å². The van der Waals surface area contributed by atoms with Crippen molar-refractivity contribution in [1.29, 1.82) is 0 Å². The van der Waals surface area contributed by atoms with Crippen LogP contribution in [-0.2, 0) is 19.6 Å². The third-order valence-electron chi connectivity index (χ3n) is 5.81. The Morgan fingerprint density at radius 1 is 1.08 bits per heavy atom. The summed E-state index contributed by atoms with van der Waals surface area (Å²) in [6.07, 6.45) is 1.52. The van der Waals surface area contributed by atoms with E-state index in [4.69, 9.17) is 34.8 Å². The number of halogens is 3. The van der Waals surface area contributed by atoms with Gasteiger partial charge in [-0.1, -0.05) is 85.2 Å². The lowest BCUT2D eigenvalue weighted by atomic mass is 10.0. The van der Waals surface area contributed by atoms with Crippen LogP contribution in [0.5, 0.6) is 0 Å². The van der Waals surface area contributed by atoms with Gasteiger partial charge in [-0.05, 0) is 55.9 Å². The van der Waals surface area contributed by atoms with Gasteiger partial charge >= 0.3 is 0 Å². The standard InChI is InChI=1S/C27H34Cl3N3O4S2/c1-17(2)11-12-23(32-26(34)19(4)38-24-10-7-6-9-18(24)3)27(35)31-13-8-14-33(5)39(36,37)25-21(29)15-20(28)16-22(25)30/h6-7,9-10,15-17,23H,4,8,11-14H2,1-3,5H3,(H,31,35)(H,32,34). The number of hydrogen-bond acceptors (Lipinski definition) is 5. The highest BCUT2D eigenvalue weighted by Gasteiger charge is 2.27. The molecule has 0 saturated carbocycles. The van der Waals surface area contributed by atoms with Crippen LogP contribution in [0.25, 0.3) is 0 Å². The number of rotatable bonds is 14.